The van der Waals surface area contributed by atoms with Gasteiger partial charge in [-0.25, -0.2) is 24.4 Å². The number of carboxylic acid groups (broad SMARTS) is 1. The number of likely N-dealkylation sites (tertiary alicyclic amines) is 1. The first-order chi connectivity index (χ1) is 23.8. The minimum Gasteiger partial charge on any atom is -0.479 e. The van der Waals surface area contributed by atoms with Crippen LogP contribution < -0.4 is 10.2 Å². The van der Waals surface area contributed by atoms with Gasteiger partial charge in [-0.15, -0.1) is 0 Å². The number of benzene rings is 1. The summed E-state index contributed by atoms with van der Waals surface area (Å²) in [6.07, 6.45) is -7.31. The number of para-hydroxylation sites is 1. The standard InChI is InChI=1S/C32H38N8O10/c1-17-9-12-39(22(41)8-11-33)15-21(17)38(3)27-19-10-13-40(28(19)35-16-34-27)32(48)37(2)14-18-6-4-5-7-20(18)36-31(47)50-30-25(44)23(42)24(43)26(49-30)29(45)46/h4-7,10,13,16-17,21,23-26,30,42-44H,8-9,12,14-15H2,1-3H3,(H,36,47)(H,45,46)/t17-,21+,23+,24+,25-,26+,30+/m1/s1. The maximum Gasteiger partial charge on any atom is 0.414 e. The van der Waals surface area contributed by atoms with E-state index in [2.05, 4.69) is 22.2 Å². The van der Waals surface area contributed by atoms with Gasteiger partial charge in [0.05, 0.1) is 17.5 Å². The quantitative estimate of drug-likeness (QED) is 0.216. The molecule has 2 aromatic heterocycles. The molecule has 7 atom stereocenters. The topological polar surface area (TPSA) is 244 Å². The first-order valence-corrected chi connectivity index (χ1v) is 15.7. The molecule has 2 saturated heterocycles. The van der Waals surface area contributed by atoms with Crippen molar-refractivity contribution in [1.82, 2.24) is 24.3 Å². The Kier molecular flexibility index (Phi) is 10.8. The predicted molar refractivity (Wildman–Crippen MR) is 173 cm³/mol. The van der Waals surface area contributed by atoms with E-state index in [9.17, 15) is 39.6 Å². The highest BCUT2D eigenvalue weighted by Crippen LogP contribution is 2.30. The van der Waals surface area contributed by atoms with Gasteiger partial charge in [0.2, 0.25) is 12.2 Å². The van der Waals surface area contributed by atoms with Crippen LogP contribution in [0.2, 0.25) is 0 Å². The van der Waals surface area contributed by atoms with E-state index in [1.54, 1.807) is 42.4 Å². The van der Waals surface area contributed by atoms with Crippen molar-refractivity contribution < 1.29 is 49.1 Å². The molecule has 5 N–H and O–H groups in total. The third kappa shape index (κ3) is 7.30. The summed E-state index contributed by atoms with van der Waals surface area (Å²) in [7, 11) is 3.43. The fourth-order valence-electron chi connectivity index (χ4n) is 6.17. The number of ether oxygens (including phenoxy) is 2. The number of aliphatic hydroxyl groups is 3. The Balaban J connectivity index is 1.28. The third-order valence-corrected chi connectivity index (χ3v) is 9.02. The van der Waals surface area contributed by atoms with Crippen LogP contribution in [0, 0.1) is 17.2 Å². The molecule has 2 aliphatic heterocycles. The average molecular weight is 695 g/mol. The van der Waals surface area contributed by atoms with E-state index >= 15 is 0 Å². The fraction of sp³-hybridized carbons (Fsp3) is 0.469. The molecule has 18 nitrogen and oxygen atoms in total. The normalized spacial score (nSPS) is 25.0. The molecule has 266 valence electrons. The van der Waals surface area contributed by atoms with E-state index in [-0.39, 0.29) is 36.5 Å². The number of hydrogen-bond acceptors (Lipinski definition) is 13. The lowest BCUT2D eigenvalue weighted by atomic mass is 9.92. The summed E-state index contributed by atoms with van der Waals surface area (Å²) < 4.78 is 11.4. The van der Waals surface area contributed by atoms with E-state index in [0.29, 0.717) is 35.5 Å². The summed E-state index contributed by atoms with van der Waals surface area (Å²) in [6.45, 7) is 3.10. The van der Waals surface area contributed by atoms with Gasteiger partial charge in [0.25, 0.3) is 0 Å². The van der Waals surface area contributed by atoms with Crippen molar-refractivity contribution in [2.24, 2.45) is 5.92 Å². The van der Waals surface area contributed by atoms with Crippen molar-refractivity contribution in [2.75, 3.05) is 37.4 Å². The number of piperidine rings is 1. The van der Waals surface area contributed by atoms with Crippen molar-refractivity contribution in [3.05, 3.63) is 48.4 Å². The number of carbonyl (C=O) groups excluding carboxylic acids is 3. The molecule has 1 aromatic carbocycles. The number of nitriles is 1. The number of aliphatic carboxylic acids is 1. The van der Waals surface area contributed by atoms with E-state index in [0.717, 1.165) is 6.42 Å². The van der Waals surface area contributed by atoms with Crippen LogP contribution in [0.3, 0.4) is 0 Å². The predicted octanol–water partition coefficient (Wildman–Crippen LogP) is 0.559. The molecule has 2 aliphatic rings. The number of aromatic nitrogens is 3. The van der Waals surface area contributed by atoms with E-state index < -0.39 is 48.8 Å². The Bertz CT molecular complexity index is 1800. The SMILES string of the molecule is C[C@@H]1CCN(C(=O)CC#N)C[C@@H]1N(C)c1ncnc2c1ccn2C(=O)N(C)Cc1ccccc1NC(=O)O[C@@H]1O[C@H](C(=O)O)[C@@H](O)[C@H](O)[C@H]1O. The van der Waals surface area contributed by atoms with Gasteiger partial charge < -0.3 is 44.6 Å². The molecule has 0 spiro atoms. The van der Waals surface area contributed by atoms with Crippen LogP contribution >= 0.6 is 0 Å². The van der Waals surface area contributed by atoms with Crippen molar-refractivity contribution >= 4 is 46.5 Å². The number of nitrogens with zero attached hydrogens (tertiary/aromatic N) is 7. The number of amides is 3. The van der Waals surface area contributed by atoms with Crippen LogP contribution in [0.1, 0.15) is 25.3 Å². The van der Waals surface area contributed by atoms with Gasteiger partial charge in [0.1, 0.15) is 36.9 Å². The molecule has 18 heteroatoms. The van der Waals surface area contributed by atoms with Gasteiger partial charge in [-0.05, 0) is 30.0 Å². The number of aliphatic hydroxyl groups excluding tert-OH is 3. The number of anilines is 2. The molecule has 0 aliphatic carbocycles. The highest BCUT2D eigenvalue weighted by atomic mass is 16.7. The second-order valence-corrected chi connectivity index (χ2v) is 12.3. The van der Waals surface area contributed by atoms with E-state index in [1.807, 2.05) is 18.0 Å². The summed E-state index contributed by atoms with van der Waals surface area (Å²) >= 11 is 0. The molecule has 5 rings (SSSR count). The van der Waals surface area contributed by atoms with Crippen LogP contribution in [0.5, 0.6) is 0 Å². The summed E-state index contributed by atoms with van der Waals surface area (Å²) in [5.41, 5.74) is 1.07. The number of rotatable bonds is 8. The number of likely N-dealkylation sites (N-methyl/N-ethyl adjacent to an activating group) is 1. The summed E-state index contributed by atoms with van der Waals surface area (Å²) in [4.78, 5) is 64.2. The molecule has 0 bridgehead atoms. The van der Waals surface area contributed by atoms with Crippen LogP contribution in [-0.4, -0.2) is 133 Å². The minimum absolute atomic E-state index is 0.00744. The zero-order valence-electron chi connectivity index (χ0n) is 27.5. The molecule has 2 fully saturated rings. The molecule has 3 aromatic rings. The second-order valence-electron chi connectivity index (χ2n) is 12.3. The number of carbonyl (C=O) groups is 4. The van der Waals surface area contributed by atoms with Crippen LogP contribution in [0.4, 0.5) is 21.1 Å². The second kappa shape index (κ2) is 15.0. The molecule has 3 amide bonds. The molecular formula is C32H38N8O10. The van der Waals surface area contributed by atoms with Gasteiger partial charge in [0.15, 0.2) is 11.8 Å². The first kappa shape index (κ1) is 35.9. The van der Waals surface area contributed by atoms with Gasteiger partial charge in [-0.3, -0.25) is 14.7 Å². The van der Waals surface area contributed by atoms with Gasteiger partial charge in [-0.2, -0.15) is 5.26 Å². The zero-order chi connectivity index (χ0) is 36.3. The Hall–Kier alpha value is -5.35. The smallest absolute Gasteiger partial charge is 0.414 e. The Labute approximate surface area is 286 Å². The van der Waals surface area contributed by atoms with E-state index in [1.165, 1.54) is 21.9 Å². The summed E-state index contributed by atoms with van der Waals surface area (Å²) in [5.74, 6) is -1.05. The van der Waals surface area contributed by atoms with Gasteiger partial charge in [-0.1, -0.05) is 25.1 Å². The minimum atomic E-state index is -1.95. The lowest BCUT2D eigenvalue weighted by Crippen LogP contribution is -2.60. The summed E-state index contributed by atoms with van der Waals surface area (Å²) in [5, 5.41) is 51.4. The maximum absolute atomic E-state index is 13.7. The van der Waals surface area contributed by atoms with Gasteiger partial charge >= 0.3 is 18.1 Å². The van der Waals surface area contributed by atoms with E-state index in [4.69, 9.17) is 14.7 Å². The number of nitrogens with one attached hydrogen (secondary N) is 1. The van der Waals surface area contributed by atoms with Crippen molar-refractivity contribution in [1.29, 1.82) is 5.26 Å². The molecule has 0 unspecified atom stereocenters. The Morgan fingerprint density at radius 3 is 2.56 bits per heavy atom. The molecule has 50 heavy (non-hydrogen) atoms. The zero-order valence-corrected chi connectivity index (χ0v) is 27.5. The molecule has 0 saturated carbocycles. The maximum atomic E-state index is 13.7. The number of carboxylic acids is 1. The molecule has 4 heterocycles. The fourth-order valence-corrected chi connectivity index (χ4v) is 6.17. The third-order valence-electron chi connectivity index (χ3n) is 9.02. The lowest BCUT2D eigenvalue weighted by molar-refractivity contribution is -0.277. The number of fused-ring (bicyclic) bond motifs is 1. The Morgan fingerprint density at radius 1 is 1.10 bits per heavy atom. The summed E-state index contributed by atoms with van der Waals surface area (Å²) in [6, 6.07) is 9.61. The monoisotopic (exact) mass is 694 g/mol. The van der Waals surface area contributed by atoms with Crippen molar-refractivity contribution in [2.45, 2.75) is 63.1 Å². The molecular weight excluding hydrogens is 656 g/mol. The van der Waals surface area contributed by atoms with Crippen molar-refractivity contribution in [3.8, 4) is 6.07 Å². The lowest BCUT2D eigenvalue weighted by Gasteiger charge is -2.42. The average Bonchev–Trinajstić information content (AvgIpc) is 3.53. The highest BCUT2D eigenvalue weighted by molar-refractivity contribution is 5.95. The van der Waals surface area contributed by atoms with Crippen LogP contribution in [-0.2, 0) is 25.6 Å². The molecule has 0 radical (unpaired) electrons. The van der Waals surface area contributed by atoms with Crippen LogP contribution in [0.25, 0.3) is 11.0 Å². The Morgan fingerprint density at radius 2 is 1.84 bits per heavy atom. The van der Waals surface area contributed by atoms with Gasteiger partial charge in [0, 0.05) is 45.6 Å². The van der Waals surface area contributed by atoms with Crippen LogP contribution in [0.15, 0.2) is 42.9 Å². The van der Waals surface area contributed by atoms with Crippen molar-refractivity contribution in [3.63, 3.8) is 0 Å². The largest absolute Gasteiger partial charge is 0.479 e. The first-order valence-electron chi connectivity index (χ1n) is 15.7. The number of hydrogen-bond donors (Lipinski definition) is 5. The highest BCUT2D eigenvalue weighted by Gasteiger charge is 2.48.